The van der Waals surface area contributed by atoms with E-state index in [0.717, 1.165) is 31.2 Å². The number of halogens is 1. The molecule has 1 aromatic rings. The van der Waals surface area contributed by atoms with E-state index in [1.165, 1.54) is 5.56 Å². The zero-order valence-corrected chi connectivity index (χ0v) is 16.7. The predicted molar refractivity (Wildman–Crippen MR) is 106 cm³/mol. The molecule has 126 valence electrons. The molecule has 1 aromatic carbocycles. The number of ether oxygens (including phenoxy) is 1. The van der Waals surface area contributed by atoms with Crippen molar-refractivity contribution in [1.29, 1.82) is 0 Å². The number of guanidine groups is 1. The zero-order valence-electron chi connectivity index (χ0n) is 14.3. The summed E-state index contributed by atoms with van der Waals surface area (Å²) in [6.45, 7) is 10.2. The second-order valence-electron chi connectivity index (χ2n) is 5.32. The molecule has 0 saturated carbocycles. The standard InChI is InChI=1S/C17H29N3O.HI/c1-6-14(4)20-17(18-7-2)19-12-13(3)15-10-8-9-11-16(15)21-5;/h8-11,13-14H,6-7,12H2,1-5H3,(H2,18,19,20);1H. The molecule has 2 atom stereocenters. The summed E-state index contributed by atoms with van der Waals surface area (Å²) in [5, 5.41) is 6.70. The Morgan fingerprint density at radius 3 is 2.50 bits per heavy atom. The van der Waals surface area contributed by atoms with E-state index in [4.69, 9.17) is 9.73 Å². The highest BCUT2D eigenvalue weighted by Crippen LogP contribution is 2.26. The van der Waals surface area contributed by atoms with Crippen LogP contribution in [0, 0.1) is 0 Å². The third-order valence-corrected chi connectivity index (χ3v) is 3.53. The van der Waals surface area contributed by atoms with Crippen LogP contribution in [0.3, 0.4) is 0 Å². The predicted octanol–water partition coefficient (Wildman–Crippen LogP) is 3.77. The Balaban J connectivity index is 0.00000441. The van der Waals surface area contributed by atoms with E-state index in [9.17, 15) is 0 Å². The molecule has 5 heteroatoms. The average Bonchev–Trinajstić information content (AvgIpc) is 2.52. The molecule has 2 N–H and O–H groups in total. The molecule has 1 rings (SSSR count). The molecular weight excluding hydrogens is 389 g/mol. The van der Waals surface area contributed by atoms with Gasteiger partial charge in [-0.3, -0.25) is 4.99 Å². The molecule has 0 aliphatic carbocycles. The van der Waals surface area contributed by atoms with E-state index in [0.29, 0.717) is 12.0 Å². The molecular formula is C17H30IN3O. The number of methoxy groups -OCH3 is 1. The van der Waals surface area contributed by atoms with Crippen molar-refractivity contribution in [2.45, 2.75) is 46.1 Å². The first-order valence-corrected chi connectivity index (χ1v) is 7.80. The maximum Gasteiger partial charge on any atom is 0.191 e. The Bertz CT molecular complexity index is 451. The number of nitrogens with one attached hydrogen (secondary N) is 2. The molecule has 0 amide bonds. The van der Waals surface area contributed by atoms with E-state index in [2.05, 4.69) is 44.4 Å². The molecule has 0 aliphatic heterocycles. The van der Waals surface area contributed by atoms with E-state index in [1.54, 1.807) is 7.11 Å². The highest BCUT2D eigenvalue weighted by molar-refractivity contribution is 14.0. The van der Waals surface area contributed by atoms with Gasteiger partial charge in [0.2, 0.25) is 0 Å². The van der Waals surface area contributed by atoms with Gasteiger partial charge in [0.05, 0.1) is 7.11 Å². The van der Waals surface area contributed by atoms with Gasteiger partial charge in [0.1, 0.15) is 5.75 Å². The van der Waals surface area contributed by atoms with Gasteiger partial charge in [-0.25, -0.2) is 0 Å². The lowest BCUT2D eigenvalue weighted by Crippen LogP contribution is -2.42. The normalized spacial score (nSPS) is 13.8. The van der Waals surface area contributed by atoms with Crippen LogP contribution in [0.5, 0.6) is 5.75 Å². The van der Waals surface area contributed by atoms with Crippen molar-refractivity contribution in [3.05, 3.63) is 29.8 Å². The molecule has 22 heavy (non-hydrogen) atoms. The third kappa shape index (κ3) is 6.85. The number of rotatable bonds is 7. The third-order valence-electron chi connectivity index (χ3n) is 3.53. The Labute approximate surface area is 152 Å². The van der Waals surface area contributed by atoms with Crippen molar-refractivity contribution in [3.63, 3.8) is 0 Å². The van der Waals surface area contributed by atoms with Gasteiger partial charge in [0.15, 0.2) is 5.96 Å². The Kier molecular flexibility index (Phi) is 11.1. The summed E-state index contributed by atoms with van der Waals surface area (Å²) in [5.74, 6) is 2.13. The van der Waals surface area contributed by atoms with Crippen LogP contribution in [-0.4, -0.2) is 32.2 Å². The largest absolute Gasteiger partial charge is 0.496 e. The van der Waals surface area contributed by atoms with Crippen LogP contribution < -0.4 is 15.4 Å². The van der Waals surface area contributed by atoms with Gasteiger partial charge in [0, 0.05) is 25.0 Å². The maximum absolute atomic E-state index is 5.42. The number of para-hydroxylation sites is 1. The van der Waals surface area contributed by atoms with E-state index in [1.807, 2.05) is 18.2 Å². The second kappa shape index (κ2) is 11.6. The van der Waals surface area contributed by atoms with Gasteiger partial charge in [0.25, 0.3) is 0 Å². The van der Waals surface area contributed by atoms with Gasteiger partial charge in [-0.15, -0.1) is 24.0 Å². The van der Waals surface area contributed by atoms with Crippen LogP contribution in [0.25, 0.3) is 0 Å². The van der Waals surface area contributed by atoms with Crippen LogP contribution in [0.2, 0.25) is 0 Å². The van der Waals surface area contributed by atoms with Crippen LogP contribution in [0.1, 0.15) is 45.6 Å². The Morgan fingerprint density at radius 1 is 1.23 bits per heavy atom. The quantitative estimate of drug-likeness (QED) is 0.402. The van der Waals surface area contributed by atoms with Crippen LogP contribution in [0.4, 0.5) is 0 Å². The van der Waals surface area contributed by atoms with Crippen molar-refractivity contribution in [2.24, 2.45) is 4.99 Å². The molecule has 0 fully saturated rings. The molecule has 0 radical (unpaired) electrons. The molecule has 4 nitrogen and oxygen atoms in total. The summed E-state index contributed by atoms with van der Waals surface area (Å²) in [7, 11) is 1.71. The first-order chi connectivity index (χ1) is 10.1. The van der Waals surface area contributed by atoms with Gasteiger partial charge in [-0.1, -0.05) is 32.0 Å². The highest BCUT2D eigenvalue weighted by atomic mass is 127. The van der Waals surface area contributed by atoms with Crippen molar-refractivity contribution in [1.82, 2.24) is 10.6 Å². The number of hydrogen-bond donors (Lipinski definition) is 2. The monoisotopic (exact) mass is 419 g/mol. The minimum absolute atomic E-state index is 0. The Hall–Kier alpha value is -0.980. The van der Waals surface area contributed by atoms with Gasteiger partial charge in [-0.2, -0.15) is 0 Å². The molecule has 0 spiro atoms. The Morgan fingerprint density at radius 2 is 1.91 bits per heavy atom. The lowest BCUT2D eigenvalue weighted by atomic mass is 10.0. The van der Waals surface area contributed by atoms with E-state index in [-0.39, 0.29) is 24.0 Å². The first-order valence-electron chi connectivity index (χ1n) is 7.80. The van der Waals surface area contributed by atoms with Crippen LogP contribution >= 0.6 is 24.0 Å². The fraction of sp³-hybridized carbons (Fsp3) is 0.588. The summed E-state index contributed by atoms with van der Waals surface area (Å²) in [5.41, 5.74) is 1.20. The van der Waals surface area contributed by atoms with E-state index >= 15 is 0 Å². The first kappa shape index (κ1) is 21.0. The fourth-order valence-electron chi connectivity index (χ4n) is 2.06. The fourth-order valence-corrected chi connectivity index (χ4v) is 2.06. The summed E-state index contributed by atoms with van der Waals surface area (Å²) in [6, 6.07) is 8.56. The number of nitrogens with zero attached hydrogens (tertiary/aromatic N) is 1. The molecule has 0 bridgehead atoms. The zero-order chi connectivity index (χ0) is 15.7. The van der Waals surface area contributed by atoms with Crippen molar-refractivity contribution >= 4 is 29.9 Å². The topological polar surface area (TPSA) is 45.7 Å². The minimum atomic E-state index is 0. The summed E-state index contributed by atoms with van der Waals surface area (Å²) < 4.78 is 5.42. The lowest BCUT2D eigenvalue weighted by Gasteiger charge is -2.18. The summed E-state index contributed by atoms with van der Waals surface area (Å²) in [4.78, 5) is 4.69. The number of aliphatic imine (C=N–C) groups is 1. The molecule has 0 heterocycles. The lowest BCUT2D eigenvalue weighted by molar-refractivity contribution is 0.406. The van der Waals surface area contributed by atoms with Crippen molar-refractivity contribution in [3.8, 4) is 5.75 Å². The number of benzene rings is 1. The van der Waals surface area contributed by atoms with E-state index < -0.39 is 0 Å². The number of hydrogen-bond acceptors (Lipinski definition) is 2. The summed E-state index contributed by atoms with van der Waals surface area (Å²) >= 11 is 0. The van der Waals surface area contributed by atoms with Crippen molar-refractivity contribution in [2.75, 3.05) is 20.2 Å². The van der Waals surface area contributed by atoms with Gasteiger partial charge < -0.3 is 15.4 Å². The smallest absolute Gasteiger partial charge is 0.191 e. The molecule has 0 saturated heterocycles. The van der Waals surface area contributed by atoms with Crippen molar-refractivity contribution < 1.29 is 4.74 Å². The second-order valence-corrected chi connectivity index (χ2v) is 5.32. The summed E-state index contributed by atoms with van der Waals surface area (Å²) in [6.07, 6.45) is 1.08. The van der Waals surface area contributed by atoms with Crippen LogP contribution in [-0.2, 0) is 0 Å². The molecule has 0 aromatic heterocycles. The van der Waals surface area contributed by atoms with Gasteiger partial charge >= 0.3 is 0 Å². The average molecular weight is 419 g/mol. The molecule has 0 aliphatic rings. The minimum Gasteiger partial charge on any atom is -0.496 e. The van der Waals surface area contributed by atoms with Gasteiger partial charge in [-0.05, 0) is 31.9 Å². The SMILES string of the molecule is CCNC(=NCC(C)c1ccccc1OC)NC(C)CC.I. The molecule has 2 unspecified atom stereocenters. The maximum atomic E-state index is 5.42. The van der Waals surface area contributed by atoms with Crippen LogP contribution in [0.15, 0.2) is 29.3 Å². The highest BCUT2D eigenvalue weighted by Gasteiger charge is 2.11.